The first-order valence-corrected chi connectivity index (χ1v) is 7.69. The van der Waals surface area contributed by atoms with Crippen LogP contribution in [0.15, 0.2) is 22.7 Å². The number of nitrogens with zero attached hydrogens (tertiary/aromatic N) is 1. The molecule has 104 valence electrons. The molecule has 1 amide bonds. The van der Waals surface area contributed by atoms with Gasteiger partial charge in [0, 0.05) is 24.1 Å². The number of halogens is 2. The van der Waals surface area contributed by atoms with Crippen molar-refractivity contribution >= 4 is 33.4 Å². The standard InChI is InChI=1S/C14H18BrClN2O/c1-18(9-11-4-2-3-7-17-11)14(19)12-8-10(15)5-6-13(12)16/h5-6,8,11,17H,2-4,7,9H2,1H3. The van der Waals surface area contributed by atoms with Crippen LogP contribution in [0.3, 0.4) is 0 Å². The smallest absolute Gasteiger partial charge is 0.255 e. The van der Waals surface area contributed by atoms with Gasteiger partial charge in [0.1, 0.15) is 0 Å². The van der Waals surface area contributed by atoms with E-state index in [1.807, 2.05) is 13.1 Å². The Kier molecular flexibility index (Phi) is 5.25. The zero-order chi connectivity index (χ0) is 13.8. The molecule has 1 fully saturated rings. The van der Waals surface area contributed by atoms with Crippen molar-refractivity contribution in [3.8, 4) is 0 Å². The van der Waals surface area contributed by atoms with Crippen molar-refractivity contribution in [3.63, 3.8) is 0 Å². The van der Waals surface area contributed by atoms with E-state index < -0.39 is 0 Å². The van der Waals surface area contributed by atoms with Gasteiger partial charge < -0.3 is 10.2 Å². The van der Waals surface area contributed by atoms with Gasteiger partial charge in [0.25, 0.3) is 5.91 Å². The summed E-state index contributed by atoms with van der Waals surface area (Å²) >= 11 is 9.46. The molecule has 0 radical (unpaired) electrons. The van der Waals surface area contributed by atoms with Gasteiger partial charge in [0.05, 0.1) is 10.6 Å². The molecule has 1 atom stereocenters. The molecule has 1 heterocycles. The number of rotatable bonds is 3. The van der Waals surface area contributed by atoms with Crippen molar-refractivity contribution in [1.82, 2.24) is 10.2 Å². The van der Waals surface area contributed by atoms with Gasteiger partial charge in [-0.2, -0.15) is 0 Å². The lowest BCUT2D eigenvalue weighted by molar-refractivity contribution is 0.0775. The molecule has 0 saturated carbocycles. The molecule has 1 N–H and O–H groups in total. The van der Waals surface area contributed by atoms with Gasteiger partial charge in [0.15, 0.2) is 0 Å². The molecule has 1 aliphatic rings. The van der Waals surface area contributed by atoms with Crippen molar-refractivity contribution in [2.24, 2.45) is 0 Å². The third kappa shape index (κ3) is 3.94. The quantitative estimate of drug-likeness (QED) is 0.911. The summed E-state index contributed by atoms with van der Waals surface area (Å²) in [7, 11) is 1.83. The highest BCUT2D eigenvalue weighted by Gasteiger charge is 2.20. The van der Waals surface area contributed by atoms with Crippen molar-refractivity contribution in [2.45, 2.75) is 25.3 Å². The lowest BCUT2D eigenvalue weighted by atomic mass is 10.0. The van der Waals surface area contributed by atoms with E-state index in [9.17, 15) is 4.79 Å². The zero-order valence-electron chi connectivity index (χ0n) is 11.0. The number of carbonyl (C=O) groups is 1. The van der Waals surface area contributed by atoms with Gasteiger partial charge in [0.2, 0.25) is 0 Å². The molecule has 1 unspecified atom stereocenters. The highest BCUT2D eigenvalue weighted by molar-refractivity contribution is 9.10. The summed E-state index contributed by atoms with van der Waals surface area (Å²) in [5, 5.41) is 3.94. The summed E-state index contributed by atoms with van der Waals surface area (Å²) in [5.41, 5.74) is 0.550. The van der Waals surface area contributed by atoms with Crippen LogP contribution in [0.5, 0.6) is 0 Å². The van der Waals surface area contributed by atoms with Crippen LogP contribution in [0.25, 0.3) is 0 Å². The Morgan fingerprint density at radius 1 is 1.53 bits per heavy atom. The fraction of sp³-hybridized carbons (Fsp3) is 0.500. The van der Waals surface area contributed by atoms with E-state index in [1.165, 1.54) is 12.8 Å². The second-order valence-corrected chi connectivity index (χ2v) is 6.28. The minimum Gasteiger partial charge on any atom is -0.340 e. The first kappa shape index (κ1) is 14.8. The van der Waals surface area contributed by atoms with E-state index in [2.05, 4.69) is 21.2 Å². The highest BCUT2D eigenvalue weighted by atomic mass is 79.9. The third-order valence-electron chi connectivity index (χ3n) is 3.41. The predicted molar refractivity (Wildman–Crippen MR) is 81.8 cm³/mol. The Balaban J connectivity index is 2.03. The van der Waals surface area contributed by atoms with E-state index in [0.29, 0.717) is 16.6 Å². The minimum atomic E-state index is -0.0290. The molecule has 5 heteroatoms. The molecule has 1 aliphatic heterocycles. The topological polar surface area (TPSA) is 32.3 Å². The van der Waals surface area contributed by atoms with Crippen LogP contribution in [0.4, 0.5) is 0 Å². The average Bonchev–Trinajstić information content (AvgIpc) is 2.42. The van der Waals surface area contributed by atoms with Gasteiger partial charge in [-0.1, -0.05) is 34.0 Å². The van der Waals surface area contributed by atoms with Gasteiger partial charge in [-0.15, -0.1) is 0 Å². The average molecular weight is 346 g/mol. The minimum absolute atomic E-state index is 0.0290. The summed E-state index contributed by atoms with van der Waals surface area (Å²) in [6.07, 6.45) is 3.59. The highest BCUT2D eigenvalue weighted by Crippen LogP contribution is 2.22. The van der Waals surface area contributed by atoms with E-state index in [0.717, 1.165) is 24.0 Å². The van der Waals surface area contributed by atoms with Gasteiger partial charge in [-0.05, 0) is 37.6 Å². The van der Waals surface area contributed by atoms with E-state index in [4.69, 9.17) is 11.6 Å². The van der Waals surface area contributed by atoms with Crippen LogP contribution < -0.4 is 5.32 Å². The maximum absolute atomic E-state index is 12.4. The second kappa shape index (κ2) is 6.73. The summed E-state index contributed by atoms with van der Waals surface area (Å²) < 4.78 is 0.865. The monoisotopic (exact) mass is 344 g/mol. The number of likely N-dealkylation sites (N-methyl/N-ethyl adjacent to an activating group) is 1. The molecule has 2 rings (SSSR count). The van der Waals surface area contributed by atoms with E-state index >= 15 is 0 Å². The molecule has 0 aromatic heterocycles. The van der Waals surface area contributed by atoms with E-state index in [1.54, 1.807) is 17.0 Å². The molecule has 3 nitrogen and oxygen atoms in total. The first-order valence-electron chi connectivity index (χ1n) is 6.52. The normalized spacial score (nSPS) is 19.2. The maximum atomic E-state index is 12.4. The summed E-state index contributed by atoms with van der Waals surface area (Å²) in [5.74, 6) is -0.0290. The Morgan fingerprint density at radius 3 is 3.00 bits per heavy atom. The number of piperidine rings is 1. The summed E-state index contributed by atoms with van der Waals surface area (Å²) in [4.78, 5) is 14.1. The van der Waals surface area contributed by atoms with Crippen LogP contribution >= 0.6 is 27.5 Å². The Morgan fingerprint density at radius 2 is 2.32 bits per heavy atom. The van der Waals surface area contributed by atoms with Gasteiger partial charge in [-0.25, -0.2) is 0 Å². The molecule has 0 spiro atoms. The lowest BCUT2D eigenvalue weighted by Gasteiger charge is -2.28. The van der Waals surface area contributed by atoms with Crippen LogP contribution in [0.1, 0.15) is 29.6 Å². The molecular formula is C14H18BrClN2O. The Labute approximate surface area is 127 Å². The number of nitrogens with one attached hydrogen (secondary N) is 1. The van der Waals surface area contributed by atoms with Crippen LogP contribution in [0.2, 0.25) is 5.02 Å². The van der Waals surface area contributed by atoms with Crippen LogP contribution in [-0.4, -0.2) is 37.0 Å². The second-order valence-electron chi connectivity index (χ2n) is 4.96. The van der Waals surface area contributed by atoms with Crippen LogP contribution in [-0.2, 0) is 0 Å². The van der Waals surface area contributed by atoms with Gasteiger partial charge in [-0.3, -0.25) is 4.79 Å². The fourth-order valence-electron chi connectivity index (χ4n) is 2.36. The Hall–Kier alpha value is -0.580. The molecular weight excluding hydrogens is 328 g/mol. The molecule has 19 heavy (non-hydrogen) atoms. The molecule has 0 bridgehead atoms. The van der Waals surface area contributed by atoms with Crippen molar-refractivity contribution < 1.29 is 4.79 Å². The largest absolute Gasteiger partial charge is 0.340 e. The van der Waals surface area contributed by atoms with Gasteiger partial charge >= 0.3 is 0 Å². The van der Waals surface area contributed by atoms with Crippen molar-refractivity contribution in [3.05, 3.63) is 33.3 Å². The van der Waals surface area contributed by atoms with E-state index in [-0.39, 0.29) is 5.91 Å². The number of carbonyl (C=O) groups excluding carboxylic acids is 1. The Bertz CT molecular complexity index is 461. The van der Waals surface area contributed by atoms with Crippen LogP contribution in [0, 0.1) is 0 Å². The predicted octanol–water partition coefficient (Wildman–Crippen LogP) is 3.32. The van der Waals surface area contributed by atoms with Crippen molar-refractivity contribution in [1.29, 1.82) is 0 Å². The number of hydrogen-bond donors (Lipinski definition) is 1. The number of hydrogen-bond acceptors (Lipinski definition) is 2. The molecule has 1 aromatic carbocycles. The SMILES string of the molecule is CN(CC1CCCCN1)C(=O)c1cc(Br)ccc1Cl. The molecule has 0 aliphatic carbocycles. The number of benzene rings is 1. The number of amides is 1. The molecule has 1 aromatic rings. The fourth-order valence-corrected chi connectivity index (χ4v) is 2.92. The molecule has 1 saturated heterocycles. The summed E-state index contributed by atoms with van der Waals surface area (Å²) in [6.45, 7) is 1.77. The third-order valence-corrected chi connectivity index (χ3v) is 4.23. The first-order chi connectivity index (χ1) is 9.08. The maximum Gasteiger partial charge on any atom is 0.255 e. The van der Waals surface area contributed by atoms with Crippen molar-refractivity contribution in [2.75, 3.05) is 20.1 Å². The zero-order valence-corrected chi connectivity index (χ0v) is 13.3. The summed E-state index contributed by atoms with van der Waals surface area (Å²) in [6, 6.07) is 5.75. The lowest BCUT2D eigenvalue weighted by Crippen LogP contribution is -2.44.